The smallest absolute Gasteiger partial charge is 0.325 e. The number of rotatable bonds is 7. The fraction of sp³-hybridized carbons (Fsp3) is 0.727. The Morgan fingerprint density at radius 3 is 1.94 bits per heavy atom. The quantitative estimate of drug-likeness (QED) is 0.617. The maximum atomic E-state index is 11.6. The molecule has 0 bridgehead atoms. The molecule has 1 atom stereocenters. The minimum Gasteiger partial charge on any atom is -0.481 e. The van der Waals surface area contributed by atoms with Gasteiger partial charge in [0.15, 0.2) is 0 Å². The number of carbonyl (C=O) groups excluding carboxylic acids is 1. The average molecular weight is 245 g/mol. The fourth-order valence-corrected chi connectivity index (χ4v) is 1.54. The predicted octanol–water partition coefficient (Wildman–Crippen LogP) is 0.857. The Labute approximate surface area is 100 Å². The van der Waals surface area contributed by atoms with Crippen LogP contribution in [0.3, 0.4) is 0 Å². The van der Waals surface area contributed by atoms with E-state index in [1.807, 2.05) is 0 Å². The fourth-order valence-electron chi connectivity index (χ4n) is 1.54. The van der Waals surface area contributed by atoms with Crippen molar-refractivity contribution in [2.75, 3.05) is 0 Å². The maximum absolute atomic E-state index is 11.6. The maximum Gasteiger partial charge on any atom is 0.325 e. The van der Waals surface area contributed by atoms with Gasteiger partial charge in [-0.1, -0.05) is 13.8 Å². The molecule has 0 aliphatic rings. The third-order valence-corrected chi connectivity index (χ3v) is 3.05. The van der Waals surface area contributed by atoms with Crippen LogP contribution in [0, 0.1) is 5.41 Å². The van der Waals surface area contributed by atoms with Crippen LogP contribution in [-0.2, 0) is 14.4 Å². The van der Waals surface area contributed by atoms with Crippen LogP contribution in [0.25, 0.3) is 0 Å². The summed E-state index contributed by atoms with van der Waals surface area (Å²) in [5.41, 5.74) is -1.11. The molecule has 3 N–H and O–H groups in total. The highest BCUT2D eigenvalue weighted by molar-refractivity contribution is 5.87. The number of amides is 1. The van der Waals surface area contributed by atoms with E-state index in [4.69, 9.17) is 10.2 Å². The summed E-state index contributed by atoms with van der Waals surface area (Å²) in [6.45, 7) is 4.73. The molecular weight excluding hydrogens is 226 g/mol. The Kier molecular flexibility index (Phi) is 5.64. The molecule has 6 heteroatoms. The molecule has 0 aromatic carbocycles. The van der Waals surface area contributed by atoms with E-state index >= 15 is 0 Å². The van der Waals surface area contributed by atoms with E-state index in [1.165, 1.54) is 6.92 Å². The summed E-state index contributed by atoms with van der Waals surface area (Å²) in [6, 6.07) is -1.01. The van der Waals surface area contributed by atoms with Gasteiger partial charge in [-0.25, -0.2) is 0 Å². The third-order valence-electron chi connectivity index (χ3n) is 3.05. The first kappa shape index (κ1) is 15.4. The third kappa shape index (κ3) is 4.05. The van der Waals surface area contributed by atoms with Crippen molar-refractivity contribution >= 4 is 17.8 Å². The molecule has 17 heavy (non-hydrogen) atoms. The van der Waals surface area contributed by atoms with Crippen molar-refractivity contribution < 1.29 is 24.6 Å². The van der Waals surface area contributed by atoms with E-state index in [0.29, 0.717) is 12.8 Å². The van der Waals surface area contributed by atoms with Crippen molar-refractivity contribution in [3.05, 3.63) is 0 Å². The molecule has 0 aromatic heterocycles. The second kappa shape index (κ2) is 6.22. The van der Waals surface area contributed by atoms with E-state index in [1.54, 1.807) is 13.8 Å². The van der Waals surface area contributed by atoms with Gasteiger partial charge in [0, 0.05) is 6.42 Å². The van der Waals surface area contributed by atoms with Gasteiger partial charge in [-0.15, -0.1) is 0 Å². The summed E-state index contributed by atoms with van der Waals surface area (Å²) in [4.78, 5) is 33.2. The van der Waals surface area contributed by atoms with E-state index in [0.717, 1.165) is 0 Å². The molecule has 0 aromatic rings. The first-order chi connectivity index (χ1) is 7.79. The number of carboxylic acid groups (broad SMARTS) is 2. The highest BCUT2D eigenvalue weighted by Crippen LogP contribution is 2.30. The van der Waals surface area contributed by atoms with Crippen LogP contribution in [0.4, 0.5) is 0 Å². The summed E-state index contributed by atoms with van der Waals surface area (Å²) in [5.74, 6) is -2.72. The summed E-state index contributed by atoms with van der Waals surface area (Å²) >= 11 is 0. The molecule has 0 aliphatic carbocycles. The number of hydrogen-bond acceptors (Lipinski definition) is 3. The minimum atomic E-state index is -1.15. The summed E-state index contributed by atoms with van der Waals surface area (Å²) in [5, 5.41) is 20.0. The lowest BCUT2D eigenvalue weighted by Crippen LogP contribution is -2.42. The molecule has 1 amide bonds. The SMILES string of the molecule is CCC(CC)(CC(=O)NC(C)C(=O)O)C(=O)O. The van der Waals surface area contributed by atoms with Crippen LogP contribution in [-0.4, -0.2) is 34.1 Å². The molecule has 0 radical (unpaired) electrons. The molecule has 6 nitrogen and oxygen atoms in total. The Morgan fingerprint density at radius 2 is 1.65 bits per heavy atom. The molecule has 0 fully saturated rings. The Hall–Kier alpha value is -1.59. The minimum absolute atomic E-state index is 0.201. The van der Waals surface area contributed by atoms with E-state index in [-0.39, 0.29) is 6.42 Å². The van der Waals surface area contributed by atoms with Gasteiger partial charge < -0.3 is 15.5 Å². The monoisotopic (exact) mass is 245 g/mol. The van der Waals surface area contributed by atoms with Crippen LogP contribution < -0.4 is 5.32 Å². The average Bonchev–Trinajstić information content (AvgIpc) is 2.25. The van der Waals surface area contributed by atoms with Gasteiger partial charge in [0.2, 0.25) is 5.91 Å². The van der Waals surface area contributed by atoms with Crippen molar-refractivity contribution in [1.29, 1.82) is 0 Å². The van der Waals surface area contributed by atoms with E-state index < -0.39 is 29.3 Å². The van der Waals surface area contributed by atoms with Crippen molar-refractivity contribution in [2.45, 2.75) is 46.1 Å². The van der Waals surface area contributed by atoms with E-state index in [9.17, 15) is 14.4 Å². The predicted molar refractivity (Wildman–Crippen MR) is 60.5 cm³/mol. The van der Waals surface area contributed by atoms with Gasteiger partial charge in [0.05, 0.1) is 5.41 Å². The van der Waals surface area contributed by atoms with Crippen LogP contribution in [0.5, 0.6) is 0 Å². The number of hydrogen-bond donors (Lipinski definition) is 3. The van der Waals surface area contributed by atoms with Crippen molar-refractivity contribution in [3.63, 3.8) is 0 Å². The van der Waals surface area contributed by atoms with Crippen LogP contribution in [0.2, 0.25) is 0 Å². The zero-order valence-corrected chi connectivity index (χ0v) is 10.3. The molecule has 1 unspecified atom stereocenters. The molecule has 98 valence electrons. The summed E-state index contributed by atoms with van der Waals surface area (Å²) in [7, 11) is 0. The van der Waals surface area contributed by atoms with Gasteiger partial charge in [-0.3, -0.25) is 14.4 Å². The molecule has 0 rings (SSSR count). The molecule has 0 aliphatic heterocycles. The topological polar surface area (TPSA) is 104 Å². The second-order valence-corrected chi connectivity index (χ2v) is 4.10. The van der Waals surface area contributed by atoms with Crippen molar-refractivity contribution in [3.8, 4) is 0 Å². The zero-order valence-electron chi connectivity index (χ0n) is 10.3. The highest BCUT2D eigenvalue weighted by atomic mass is 16.4. The lowest BCUT2D eigenvalue weighted by atomic mass is 9.79. The van der Waals surface area contributed by atoms with Gasteiger partial charge in [-0.2, -0.15) is 0 Å². The Morgan fingerprint density at radius 1 is 1.18 bits per heavy atom. The molecular formula is C11H19NO5. The van der Waals surface area contributed by atoms with Crippen molar-refractivity contribution in [1.82, 2.24) is 5.32 Å². The number of nitrogens with one attached hydrogen (secondary N) is 1. The Balaban J connectivity index is 4.63. The number of carbonyl (C=O) groups is 3. The highest BCUT2D eigenvalue weighted by Gasteiger charge is 2.37. The largest absolute Gasteiger partial charge is 0.481 e. The normalized spacial score (nSPS) is 12.9. The first-order valence-corrected chi connectivity index (χ1v) is 5.54. The molecule has 0 saturated carbocycles. The van der Waals surface area contributed by atoms with Crippen LogP contribution in [0.1, 0.15) is 40.0 Å². The summed E-state index contributed by atoms with van der Waals surface area (Å²) in [6.07, 6.45) is 0.453. The van der Waals surface area contributed by atoms with Crippen LogP contribution >= 0.6 is 0 Å². The zero-order chi connectivity index (χ0) is 13.6. The molecule has 0 saturated heterocycles. The first-order valence-electron chi connectivity index (χ1n) is 5.54. The van der Waals surface area contributed by atoms with Gasteiger partial charge in [-0.05, 0) is 19.8 Å². The number of aliphatic carboxylic acids is 2. The van der Waals surface area contributed by atoms with E-state index in [2.05, 4.69) is 5.32 Å². The van der Waals surface area contributed by atoms with Gasteiger partial charge in [0.25, 0.3) is 0 Å². The number of carboxylic acids is 2. The standard InChI is InChI=1S/C11H19NO5/c1-4-11(5-2,10(16)17)6-8(13)12-7(3)9(14)15/h7H,4-6H2,1-3H3,(H,12,13)(H,14,15)(H,16,17). The lowest BCUT2D eigenvalue weighted by molar-refractivity contribution is -0.152. The molecule has 0 spiro atoms. The summed E-state index contributed by atoms with van der Waals surface area (Å²) < 4.78 is 0. The lowest BCUT2D eigenvalue weighted by Gasteiger charge is -2.26. The second-order valence-electron chi connectivity index (χ2n) is 4.10. The van der Waals surface area contributed by atoms with Gasteiger partial charge >= 0.3 is 11.9 Å². The molecule has 0 heterocycles. The van der Waals surface area contributed by atoms with Gasteiger partial charge in [0.1, 0.15) is 6.04 Å². The Bertz CT molecular complexity index is 309. The van der Waals surface area contributed by atoms with Crippen molar-refractivity contribution in [2.24, 2.45) is 5.41 Å². The van der Waals surface area contributed by atoms with Crippen LogP contribution in [0.15, 0.2) is 0 Å².